The molecule has 0 bridgehead atoms. The summed E-state index contributed by atoms with van der Waals surface area (Å²) in [6.45, 7) is 9.34. The molecule has 0 spiro atoms. The van der Waals surface area contributed by atoms with Crippen molar-refractivity contribution in [1.29, 1.82) is 0 Å². The zero-order chi connectivity index (χ0) is 30.1. The number of aromatic nitrogens is 2. The summed E-state index contributed by atoms with van der Waals surface area (Å²) in [6, 6.07) is 32.0. The Balaban J connectivity index is 0.000000215. The van der Waals surface area contributed by atoms with Gasteiger partial charge in [-0.2, -0.15) is 0 Å². The van der Waals surface area contributed by atoms with E-state index in [-0.39, 0.29) is 25.7 Å². The van der Waals surface area contributed by atoms with E-state index in [0.717, 1.165) is 39.1 Å². The zero-order valence-corrected chi connectivity index (χ0v) is 26.8. The van der Waals surface area contributed by atoms with Gasteiger partial charge in [0.05, 0.1) is 13.7 Å². The van der Waals surface area contributed by atoms with Gasteiger partial charge < -0.3 is 14.4 Å². The molecule has 0 saturated carbocycles. The summed E-state index contributed by atoms with van der Waals surface area (Å²) >= 11 is 0. The van der Waals surface area contributed by atoms with Crippen molar-refractivity contribution in [3.8, 4) is 22.5 Å². The van der Waals surface area contributed by atoms with Gasteiger partial charge in [-0.1, -0.05) is 86.9 Å². The van der Waals surface area contributed by atoms with Crippen LogP contribution in [0.1, 0.15) is 35.0 Å². The molecule has 6 aromatic rings. The van der Waals surface area contributed by atoms with E-state index in [9.17, 15) is 0 Å². The zero-order valence-electron chi connectivity index (χ0n) is 26.4. The first-order chi connectivity index (χ1) is 19.9. The minimum Gasteiger partial charge on any atom is -0.501 e. The van der Waals surface area contributed by atoms with E-state index < -0.39 is 14.9 Å². The second-order valence-corrected chi connectivity index (χ2v) is 16.0. The Labute approximate surface area is 256 Å². The third-order valence-corrected chi connectivity index (χ3v) is 8.73. The van der Waals surface area contributed by atoms with Crippen molar-refractivity contribution in [3.05, 3.63) is 115 Å². The van der Waals surface area contributed by atoms with E-state index in [1.165, 1.54) is 22.3 Å². The van der Waals surface area contributed by atoms with Crippen molar-refractivity contribution in [2.24, 2.45) is 0 Å². The summed E-state index contributed by atoms with van der Waals surface area (Å²) in [6.07, 6.45) is 3.35. The third-order valence-electron chi connectivity index (χ3n) is 6.72. The van der Waals surface area contributed by atoms with Gasteiger partial charge in [0.15, 0.2) is 0 Å². The molecule has 0 N–H and O–H groups in total. The molecule has 0 atom stereocenters. The molecule has 0 fully saturated rings. The summed E-state index contributed by atoms with van der Waals surface area (Å²) in [5, 5.41) is 3.69. The molecule has 6 rings (SSSR count). The maximum absolute atomic E-state index is 7.23. The van der Waals surface area contributed by atoms with E-state index in [0.29, 0.717) is 5.92 Å². The largest absolute Gasteiger partial charge is 0.501 e. The minimum atomic E-state index is -2.09. The Hall–Kier alpha value is -3.37. The van der Waals surface area contributed by atoms with Crippen molar-refractivity contribution in [3.63, 3.8) is 0 Å². The van der Waals surface area contributed by atoms with Crippen LogP contribution in [-0.4, -0.2) is 18.0 Å². The van der Waals surface area contributed by atoms with Crippen LogP contribution < -0.4 is 5.19 Å². The fraction of sp³-hybridized carbons (Fsp3) is 0.200. The summed E-state index contributed by atoms with van der Waals surface area (Å²) in [4.78, 5) is 8.80. The molecule has 0 aliphatic carbocycles. The van der Waals surface area contributed by atoms with Gasteiger partial charge in [-0.3, -0.25) is 0 Å². The fourth-order valence-corrected chi connectivity index (χ4v) is 6.01. The maximum atomic E-state index is 7.23. The van der Waals surface area contributed by atoms with Crippen LogP contribution in [-0.2, 0) is 20.1 Å². The molecule has 3 nitrogen and oxygen atoms in total. The molecule has 0 aliphatic heterocycles. The number of benzene rings is 3. The van der Waals surface area contributed by atoms with Crippen LogP contribution in [0.2, 0.25) is 19.6 Å². The number of fused-ring (bicyclic) bond motifs is 3. The summed E-state index contributed by atoms with van der Waals surface area (Å²) in [5.74, 6) is 0.474. The molecule has 1 radical (unpaired) electrons. The maximum Gasteiger partial charge on any atom is 0.120 e. The molecule has 3 aromatic carbocycles. The smallest absolute Gasteiger partial charge is 0.120 e. The average Bonchev–Trinajstić information content (AvgIpc) is 3.36. The number of aryl methyl sites for hydroxylation is 1. The van der Waals surface area contributed by atoms with E-state index in [2.05, 4.69) is 92.0 Å². The van der Waals surface area contributed by atoms with Crippen LogP contribution in [0.15, 0.2) is 95.7 Å². The monoisotopic (exact) mass is 722 g/mol. The van der Waals surface area contributed by atoms with Crippen LogP contribution in [0, 0.1) is 19.0 Å². The number of hydrogen-bond donors (Lipinski definition) is 0. The summed E-state index contributed by atoms with van der Waals surface area (Å²) in [5.41, 5.74) is 6.86. The predicted molar refractivity (Wildman–Crippen MR) is 166 cm³/mol. The van der Waals surface area contributed by atoms with Gasteiger partial charge in [0.25, 0.3) is 0 Å². The second-order valence-electron chi connectivity index (χ2n) is 11.0. The molecule has 3 aromatic heterocycles. The van der Waals surface area contributed by atoms with Crippen LogP contribution in [0.5, 0.6) is 0 Å². The predicted octanol–water partition coefficient (Wildman–Crippen LogP) is 8.97. The van der Waals surface area contributed by atoms with E-state index in [1.807, 2.05) is 30.5 Å². The van der Waals surface area contributed by atoms with Crippen molar-refractivity contribution in [2.75, 3.05) is 0 Å². The third kappa shape index (κ3) is 6.33. The number of hydrogen-bond acceptors (Lipinski definition) is 3. The number of para-hydroxylation sites is 1. The van der Waals surface area contributed by atoms with Crippen molar-refractivity contribution in [2.45, 2.75) is 46.3 Å². The molecule has 3 heterocycles. The number of pyridine rings is 2. The fourth-order valence-electron chi connectivity index (χ4n) is 4.54. The van der Waals surface area contributed by atoms with Gasteiger partial charge in [-0.15, -0.1) is 54.1 Å². The Morgan fingerprint density at radius 2 is 1.55 bits per heavy atom. The topological polar surface area (TPSA) is 38.9 Å². The first kappa shape index (κ1) is 25.6. The quantitative estimate of drug-likeness (QED) is 0.135. The van der Waals surface area contributed by atoms with Gasteiger partial charge >= 0.3 is 0 Å². The standard InChI is InChI=1S/C23H24NOSi.C12H10N.Ir/c1-15(2)16-12-13-20(24-14-16)19-10-6-8-17-18-9-7-11-21(26(3,4)5)23(18)25-22(17)19;1-10-7-8-12(13-9-10)11-5-3-2-4-6-11;/h6-9,11-15H,1-5H3;2-5,7-9H,1H3;/q2*-1;/i;1D3;. The van der Waals surface area contributed by atoms with E-state index in [1.54, 1.807) is 18.2 Å². The molecule has 205 valence electrons. The molecule has 0 unspecified atom stereocenters. The SMILES string of the molecule is CC(C)c1ccc(-c2[c-]ccc3c2oc2c([Si](C)(C)C)cccc23)nc1.[2H]C([2H])([2H])c1ccc(-c2[c-]cccc2)nc1.[Ir]. The van der Waals surface area contributed by atoms with Gasteiger partial charge in [-0.25, -0.2) is 0 Å². The van der Waals surface area contributed by atoms with Crippen LogP contribution >= 0.6 is 0 Å². The number of nitrogens with zero attached hydrogens (tertiary/aromatic N) is 2. The molecule has 0 saturated heterocycles. The Morgan fingerprint density at radius 1 is 0.775 bits per heavy atom. The molecule has 0 aliphatic rings. The van der Waals surface area contributed by atoms with Gasteiger partial charge in [0.2, 0.25) is 0 Å². The Bertz CT molecular complexity index is 1810. The molecular formula is C35H34IrN2OSi-2. The first-order valence-electron chi connectivity index (χ1n) is 14.7. The van der Waals surface area contributed by atoms with Crippen molar-refractivity contribution >= 4 is 35.2 Å². The average molecular weight is 722 g/mol. The van der Waals surface area contributed by atoms with Crippen molar-refractivity contribution < 1.29 is 28.6 Å². The minimum absolute atomic E-state index is 0. The normalized spacial score (nSPS) is 12.7. The first-order valence-corrected chi connectivity index (χ1v) is 16.7. The Kier molecular flexibility index (Phi) is 7.95. The van der Waals surface area contributed by atoms with Crippen LogP contribution in [0.4, 0.5) is 0 Å². The number of furan rings is 1. The summed E-state index contributed by atoms with van der Waals surface area (Å²) < 4.78 is 28.1. The van der Waals surface area contributed by atoms with Gasteiger partial charge in [0.1, 0.15) is 5.58 Å². The van der Waals surface area contributed by atoms with E-state index in [4.69, 9.17) is 8.53 Å². The number of rotatable bonds is 4. The van der Waals surface area contributed by atoms with Crippen LogP contribution in [0.3, 0.4) is 0 Å². The Morgan fingerprint density at radius 3 is 2.17 bits per heavy atom. The van der Waals surface area contributed by atoms with Gasteiger partial charge in [0, 0.05) is 42.0 Å². The summed E-state index contributed by atoms with van der Waals surface area (Å²) in [7, 11) is -1.50. The molecule has 40 heavy (non-hydrogen) atoms. The molecule has 5 heteroatoms. The van der Waals surface area contributed by atoms with Crippen LogP contribution in [0.25, 0.3) is 44.5 Å². The van der Waals surface area contributed by atoms with Gasteiger partial charge in [-0.05, 0) is 40.5 Å². The molecule has 0 amide bonds. The van der Waals surface area contributed by atoms with Crippen molar-refractivity contribution in [1.82, 2.24) is 9.97 Å². The molecular weight excluding hydrogens is 685 g/mol. The second kappa shape index (κ2) is 12.4. The van der Waals surface area contributed by atoms with E-state index >= 15 is 0 Å².